The van der Waals surface area contributed by atoms with Gasteiger partial charge in [-0.3, -0.25) is 9.59 Å². The lowest BCUT2D eigenvalue weighted by atomic mass is 10.1. The third-order valence-electron chi connectivity index (χ3n) is 3.97. The third-order valence-corrected chi connectivity index (χ3v) is 3.97. The van der Waals surface area contributed by atoms with Crippen molar-refractivity contribution < 1.29 is 18.7 Å². The van der Waals surface area contributed by atoms with E-state index in [1.54, 1.807) is 17.0 Å². The highest BCUT2D eigenvalue weighted by Gasteiger charge is 2.35. The van der Waals surface area contributed by atoms with E-state index in [0.29, 0.717) is 32.5 Å². The summed E-state index contributed by atoms with van der Waals surface area (Å²) in [7, 11) is 0. The summed E-state index contributed by atoms with van der Waals surface area (Å²) in [5, 5.41) is 2.87. The van der Waals surface area contributed by atoms with Gasteiger partial charge in [0.2, 0.25) is 11.8 Å². The lowest BCUT2D eigenvalue weighted by molar-refractivity contribution is -0.135. The highest BCUT2D eigenvalue weighted by Crippen LogP contribution is 2.21. The van der Waals surface area contributed by atoms with Gasteiger partial charge in [0.1, 0.15) is 11.9 Å². The molecule has 1 aromatic rings. The summed E-state index contributed by atoms with van der Waals surface area (Å²) in [6, 6.07) is 5.55. The fraction of sp³-hybridized carbons (Fsp3) is 0.556. The molecule has 1 heterocycles. The van der Waals surface area contributed by atoms with Gasteiger partial charge in [0, 0.05) is 26.1 Å². The van der Waals surface area contributed by atoms with Crippen LogP contribution in [0.4, 0.5) is 4.39 Å². The van der Waals surface area contributed by atoms with Crippen molar-refractivity contribution in [3.63, 3.8) is 0 Å². The molecular formula is C18H25FN2O3. The van der Waals surface area contributed by atoms with Crippen LogP contribution in [0.25, 0.3) is 0 Å². The van der Waals surface area contributed by atoms with E-state index in [-0.39, 0.29) is 23.7 Å². The predicted octanol–water partition coefficient (Wildman–Crippen LogP) is 2.25. The summed E-state index contributed by atoms with van der Waals surface area (Å²) in [6.07, 6.45) is 1.81. The molecule has 1 N–H and O–H groups in total. The molecule has 0 saturated carbocycles. The largest absolute Gasteiger partial charge is 0.379 e. The van der Waals surface area contributed by atoms with Gasteiger partial charge in [-0.15, -0.1) is 0 Å². The zero-order valence-electron chi connectivity index (χ0n) is 14.3. The Labute approximate surface area is 142 Å². The second-order valence-corrected chi connectivity index (χ2v) is 6.27. The number of nitrogens with zero attached hydrogens (tertiary/aromatic N) is 1. The Morgan fingerprint density at radius 3 is 2.75 bits per heavy atom. The minimum absolute atomic E-state index is 0.0392. The molecular weight excluding hydrogens is 311 g/mol. The minimum atomic E-state index is -0.450. The van der Waals surface area contributed by atoms with Crippen molar-refractivity contribution in [2.45, 2.75) is 51.8 Å². The van der Waals surface area contributed by atoms with Gasteiger partial charge in [-0.05, 0) is 44.4 Å². The molecule has 1 aliphatic rings. The highest BCUT2D eigenvalue weighted by atomic mass is 19.1. The smallest absolute Gasteiger partial charge is 0.242 e. The van der Waals surface area contributed by atoms with Crippen LogP contribution in [0.15, 0.2) is 24.3 Å². The van der Waals surface area contributed by atoms with E-state index in [1.165, 1.54) is 12.1 Å². The van der Waals surface area contributed by atoms with Crippen LogP contribution in [-0.4, -0.2) is 42.0 Å². The number of benzene rings is 1. The van der Waals surface area contributed by atoms with Crippen molar-refractivity contribution in [1.29, 1.82) is 0 Å². The van der Waals surface area contributed by atoms with E-state index in [4.69, 9.17) is 4.74 Å². The fourth-order valence-corrected chi connectivity index (χ4v) is 2.71. The molecule has 0 spiro atoms. The van der Waals surface area contributed by atoms with Gasteiger partial charge in [0.25, 0.3) is 0 Å². The number of hydrogen-bond donors (Lipinski definition) is 1. The molecule has 1 atom stereocenters. The zero-order valence-corrected chi connectivity index (χ0v) is 14.3. The molecule has 2 amide bonds. The van der Waals surface area contributed by atoms with Crippen molar-refractivity contribution in [3.05, 3.63) is 35.6 Å². The van der Waals surface area contributed by atoms with Crippen LogP contribution in [0, 0.1) is 5.82 Å². The molecule has 24 heavy (non-hydrogen) atoms. The average molecular weight is 336 g/mol. The lowest BCUT2D eigenvalue weighted by Crippen LogP contribution is -2.44. The molecule has 0 bridgehead atoms. The van der Waals surface area contributed by atoms with Gasteiger partial charge in [-0.25, -0.2) is 4.39 Å². The SMILES string of the molecule is CC(C)OCCCNC(=O)[C@H]1CCC(=O)N1Cc1ccc(F)cc1. The van der Waals surface area contributed by atoms with Crippen LogP contribution in [0.2, 0.25) is 0 Å². The first kappa shape index (κ1) is 18.4. The number of likely N-dealkylation sites (tertiary alicyclic amines) is 1. The number of rotatable bonds is 8. The Kier molecular flexibility index (Phi) is 6.73. The monoisotopic (exact) mass is 336 g/mol. The molecule has 0 aromatic heterocycles. The second kappa shape index (κ2) is 8.78. The second-order valence-electron chi connectivity index (χ2n) is 6.27. The molecule has 1 saturated heterocycles. The maximum Gasteiger partial charge on any atom is 0.242 e. The van der Waals surface area contributed by atoms with Crippen LogP contribution >= 0.6 is 0 Å². The average Bonchev–Trinajstić information content (AvgIpc) is 2.90. The van der Waals surface area contributed by atoms with E-state index in [9.17, 15) is 14.0 Å². The number of ether oxygens (including phenoxy) is 1. The van der Waals surface area contributed by atoms with Crippen LogP contribution in [0.5, 0.6) is 0 Å². The number of amides is 2. The molecule has 6 heteroatoms. The fourth-order valence-electron chi connectivity index (χ4n) is 2.71. The molecule has 5 nitrogen and oxygen atoms in total. The molecule has 1 aliphatic heterocycles. The van der Waals surface area contributed by atoms with Gasteiger partial charge >= 0.3 is 0 Å². The molecule has 2 rings (SSSR count). The van der Waals surface area contributed by atoms with Crippen LogP contribution in [0.1, 0.15) is 38.7 Å². The maximum absolute atomic E-state index is 13.0. The Hall–Kier alpha value is -1.95. The minimum Gasteiger partial charge on any atom is -0.379 e. The van der Waals surface area contributed by atoms with Crippen molar-refractivity contribution in [2.75, 3.05) is 13.2 Å². The van der Waals surface area contributed by atoms with Crippen molar-refractivity contribution in [3.8, 4) is 0 Å². The molecule has 0 unspecified atom stereocenters. The standard InChI is InChI=1S/C18H25FN2O3/c1-13(2)24-11-3-10-20-18(23)16-8-9-17(22)21(16)12-14-4-6-15(19)7-5-14/h4-7,13,16H,3,8-12H2,1-2H3,(H,20,23)/t16-/m1/s1. The Morgan fingerprint density at radius 2 is 2.08 bits per heavy atom. The van der Waals surface area contributed by atoms with E-state index >= 15 is 0 Å². The Morgan fingerprint density at radius 1 is 1.38 bits per heavy atom. The van der Waals surface area contributed by atoms with E-state index < -0.39 is 6.04 Å². The van der Waals surface area contributed by atoms with Crippen LogP contribution < -0.4 is 5.32 Å². The summed E-state index contributed by atoms with van der Waals surface area (Å²) in [4.78, 5) is 26.0. The quantitative estimate of drug-likeness (QED) is 0.741. The summed E-state index contributed by atoms with van der Waals surface area (Å²) >= 11 is 0. The topological polar surface area (TPSA) is 58.6 Å². The van der Waals surface area contributed by atoms with Crippen LogP contribution in [-0.2, 0) is 20.9 Å². The predicted molar refractivity (Wildman–Crippen MR) is 88.7 cm³/mol. The number of carbonyl (C=O) groups excluding carboxylic acids is 2. The molecule has 0 aliphatic carbocycles. The van der Waals surface area contributed by atoms with Crippen molar-refractivity contribution in [1.82, 2.24) is 10.2 Å². The third kappa shape index (κ3) is 5.30. The van der Waals surface area contributed by atoms with Gasteiger partial charge < -0.3 is 15.0 Å². The summed E-state index contributed by atoms with van der Waals surface area (Å²) in [5.74, 6) is -0.487. The number of hydrogen-bond acceptors (Lipinski definition) is 3. The summed E-state index contributed by atoms with van der Waals surface area (Å²) in [5.41, 5.74) is 0.815. The molecule has 132 valence electrons. The van der Waals surface area contributed by atoms with Crippen molar-refractivity contribution >= 4 is 11.8 Å². The van der Waals surface area contributed by atoms with E-state index in [1.807, 2.05) is 13.8 Å². The van der Waals surface area contributed by atoms with Crippen LogP contribution in [0.3, 0.4) is 0 Å². The first-order valence-corrected chi connectivity index (χ1v) is 8.40. The van der Waals surface area contributed by atoms with E-state index in [2.05, 4.69) is 5.32 Å². The maximum atomic E-state index is 13.0. The van der Waals surface area contributed by atoms with E-state index in [0.717, 1.165) is 12.0 Å². The highest BCUT2D eigenvalue weighted by molar-refractivity contribution is 5.90. The van der Waals surface area contributed by atoms with Gasteiger partial charge in [0.05, 0.1) is 6.10 Å². The Bertz CT molecular complexity index is 560. The molecule has 1 fully saturated rings. The number of halogens is 1. The lowest BCUT2D eigenvalue weighted by Gasteiger charge is -2.24. The van der Waals surface area contributed by atoms with Gasteiger partial charge in [0.15, 0.2) is 0 Å². The molecule has 1 aromatic carbocycles. The van der Waals surface area contributed by atoms with Gasteiger partial charge in [-0.1, -0.05) is 12.1 Å². The normalized spacial score (nSPS) is 17.6. The first-order valence-electron chi connectivity index (χ1n) is 8.40. The zero-order chi connectivity index (χ0) is 17.5. The summed E-state index contributed by atoms with van der Waals surface area (Å²) in [6.45, 7) is 5.39. The van der Waals surface area contributed by atoms with Crippen molar-refractivity contribution in [2.24, 2.45) is 0 Å². The first-order chi connectivity index (χ1) is 11.5. The summed E-state index contributed by atoms with van der Waals surface area (Å²) < 4.78 is 18.4. The number of carbonyl (C=O) groups is 2. The Balaban J connectivity index is 1.84. The molecule has 0 radical (unpaired) electrons. The van der Waals surface area contributed by atoms with Gasteiger partial charge in [-0.2, -0.15) is 0 Å². The number of nitrogens with one attached hydrogen (secondary N) is 1.